The summed E-state index contributed by atoms with van der Waals surface area (Å²) in [6, 6.07) is 5.69. The van der Waals surface area contributed by atoms with E-state index in [-0.39, 0.29) is 12.0 Å². The fraction of sp³-hybridized carbons (Fsp3) is 0.267. The van der Waals surface area contributed by atoms with Crippen LogP contribution in [0.4, 0.5) is 16.2 Å². The summed E-state index contributed by atoms with van der Waals surface area (Å²) in [5.41, 5.74) is 3.54. The van der Waals surface area contributed by atoms with Gasteiger partial charge in [0, 0.05) is 5.69 Å². The highest BCUT2D eigenvalue weighted by Gasteiger charge is 2.05. The lowest BCUT2D eigenvalue weighted by molar-refractivity contribution is 0.262. The molecule has 6 nitrogen and oxygen atoms in total. The number of aromatic nitrogens is 2. The molecule has 2 N–H and O–H groups in total. The van der Waals surface area contributed by atoms with Crippen LogP contribution in [0.25, 0.3) is 0 Å². The number of aryl methyl sites for hydroxylation is 2. The highest BCUT2D eigenvalue weighted by Crippen LogP contribution is 2.15. The molecule has 0 fully saturated rings. The van der Waals surface area contributed by atoms with Gasteiger partial charge in [0.05, 0.1) is 24.7 Å². The van der Waals surface area contributed by atoms with Crippen LogP contribution in [0, 0.1) is 13.8 Å². The lowest BCUT2D eigenvalue weighted by Gasteiger charge is -2.09. The van der Waals surface area contributed by atoms with Gasteiger partial charge >= 0.3 is 12.0 Å². The quantitative estimate of drug-likeness (QED) is 0.905. The van der Waals surface area contributed by atoms with Crippen molar-refractivity contribution in [3.63, 3.8) is 0 Å². The first-order valence-corrected chi connectivity index (χ1v) is 6.68. The molecule has 1 heterocycles. The molecular formula is C15H18N4O2. The van der Waals surface area contributed by atoms with Crippen LogP contribution >= 0.6 is 0 Å². The van der Waals surface area contributed by atoms with E-state index in [9.17, 15) is 4.79 Å². The van der Waals surface area contributed by atoms with Crippen molar-refractivity contribution >= 4 is 17.4 Å². The van der Waals surface area contributed by atoms with Crippen LogP contribution in [0.15, 0.2) is 30.6 Å². The largest absolute Gasteiger partial charge is 0.464 e. The van der Waals surface area contributed by atoms with Crippen LogP contribution in [0.3, 0.4) is 0 Å². The second-order valence-electron chi connectivity index (χ2n) is 4.57. The smallest absolute Gasteiger partial charge is 0.323 e. The summed E-state index contributed by atoms with van der Waals surface area (Å²) in [6.07, 6.45) is 3.00. The number of nitrogens with one attached hydrogen (secondary N) is 2. The number of amides is 2. The fourth-order valence-corrected chi connectivity index (χ4v) is 1.70. The molecule has 0 aliphatic heterocycles. The molecule has 6 heteroatoms. The van der Waals surface area contributed by atoms with Crippen molar-refractivity contribution < 1.29 is 9.53 Å². The number of ether oxygens (including phenoxy) is 1. The molecule has 110 valence electrons. The van der Waals surface area contributed by atoms with Crippen molar-refractivity contribution in [1.82, 2.24) is 9.97 Å². The lowest BCUT2D eigenvalue weighted by atomic mass is 10.1. The summed E-state index contributed by atoms with van der Waals surface area (Å²) >= 11 is 0. The van der Waals surface area contributed by atoms with E-state index in [0.717, 1.165) is 11.3 Å². The van der Waals surface area contributed by atoms with E-state index in [2.05, 4.69) is 20.6 Å². The predicted molar refractivity (Wildman–Crippen MR) is 81.8 cm³/mol. The first-order chi connectivity index (χ1) is 10.1. The molecular weight excluding hydrogens is 268 g/mol. The topological polar surface area (TPSA) is 76.1 Å². The maximum absolute atomic E-state index is 11.9. The third kappa shape index (κ3) is 4.17. The zero-order valence-electron chi connectivity index (χ0n) is 12.3. The highest BCUT2D eigenvalue weighted by atomic mass is 16.5. The summed E-state index contributed by atoms with van der Waals surface area (Å²) in [4.78, 5) is 19.8. The Kier molecular flexibility index (Phi) is 4.71. The van der Waals surface area contributed by atoms with Gasteiger partial charge in [-0.2, -0.15) is 0 Å². The number of rotatable bonds is 4. The van der Waals surface area contributed by atoms with Crippen molar-refractivity contribution in [3.05, 3.63) is 41.7 Å². The average molecular weight is 286 g/mol. The minimum atomic E-state index is -0.342. The van der Waals surface area contributed by atoms with Gasteiger partial charge in [-0.25, -0.2) is 14.8 Å². The summed E-state index contributed by atoms with van der Waals surface area (Å²) in [5, 5.41) is 5.42. The Balaban J connectivity index is 1.96. The molecule has 0 aliphatic carbocycles. The molecule has 0 atom stereocenters. The molecule has 0 aliphatic rings. The SMILES string of the molecule is CCOc1ncc(NC(=O)Nc2ccc(C)c(C)c2)cn1. The summed E-state index contributed by atoms with van der Waals surface area (Å²) in [7, 11) is 0. The predicted octanol–water partition coefficient (Wildman–Crippen LogP) is 3.14. The third-order valence-electron chi connectivity index (χ3n) is 2.92. The Bertz CT molecular complexity index is 626. The van der Waals surface area contributed by atoms with Gasteiger partial charge in [-0.15, -0.1) is 0 Å². The Labute approximate surface area is 123 Å². The Morgan fingerprint density at radius 1 is 1.10 bits per heavy atom. The summed E-state index contributed by atoms with van der Waals surface area (Å²) < 4.78 is 5.14. The van der Waals surface area contributed by atoms with Gasteiger partial charge in [0.25, 0.3) is 0 Å². The van der Waals surface area contributed by atoms with Crippen molar-refractivity contribution in [3.8, 4) is 6.01 Å². The minimum absolute atomic E-state index is 0.289. The van der Waals surface area contributed by atoms with Crippen molar-refractivity contribution in [2.45, 2.75) is 20.8 Å². The number of anilines is 2. The Morgan fingerprint density at radius 2 is 1.76 bits per heavy atom. The van der Waals surface area contributed by atoms with Crippen molar-refractivity contribution in [1.29, 1.82) is 0 Å². The molecule has 0 spiro atoms. The van der Waals surface area contributed by atoms with Crippen LogP contribution in [0.5, 0.6) is 6.01 Å². The van der Waals surface area contributed by atoms with E-state index in [1.54, 1.807) is 0 Å². The lowest BCUT2D eigenvalue weighted by Crippen LogP contribution is -2.19. The number of carbonyl (C=O) groups is 1. The van der Waals surface area contributed by atoms with Gasteiger partial charge in [0.1, 0.15) is 0 Å². The van der Waals surface area contributed by atoms with E-state index in [1.807, 2.05) is 39.0 Å². The molecule has 2 aromatic rings. The summed E-state index contributed by atoms with van der Waals surface area (Å²) in [5.74, 6) is 0. The molecule has 0 unspecified atom stereocenters. The van der Waals surface area contributed by atoms with E-state index in [1.165, 1.54) is 18.0 Å². The number of urea groups is 1. The zero-order valence-corrected chi connectivity index (χ0v) is 12.3. The van der Waals surface area contributed by atoms with Gasteiger partial charge in [-0.05, 0) is 44.0 Å². The standard InChI is InChI=1S/C15H18N4O2/c1-4-21-15-16-8-13(9-17-15)19-14(20)18-12-6-5-10(2)11(3)7-12/h5-9H,4H2,1-3H3,(H2,18,19,20). The maximum atomic E-state index is 11.9. The van der Waals surface area contributed by atoms with Gasteiger partial charge < -0.3 is 15.4 Å². The van der Waals surface area contributed by atoms with Crippen LogP contribution in [0.1, 0.15) is 18.1 Å². The Morgan fingerprint density at radius 3 is 2.38 bits per heavy atom. The summed E-state index contributed by atoms with van der Waals surface area (Å²) in [6.45, 7) is 6.38. The van der Waals surface area contributed by atoms with E-state index in [0.29, 0.717) is 12.3 Å². The molecule has 1 aromatic carbocycles. The molecule has 0 bridgehead atoms. The third-order valence-corrected chi connectivity index (χ3v) is 2.92. The second kappa shape index (κ2) is 6.69. The molecule has 2 amide bonds. The molecule has 0 radical (unpaired) electrons. The van der Waals surface area contributed by atoms with Crippen LogP contribution in [-0.4, -0.2) is 22.6 Å². The number of carbonyl (C=O) groups excluding carboxylic acids is 1. The van der Waals surface area contributed by atoms with E-state index in [4.69, 9.17) is 4.74 Å². The molecule has 21 heavy (non-hydrogen) atoms. The van der Waals surface area contributed by atoms with E-state index >= 15 is 0 Å². The molecule has 0 saturated heterocycles. The molecule has 1 aromatic heterocycles. The van der Waals surface area contributed by atoms with Crippen LogP contribution in [-0.2, 0) is 0 Å². The normalized spacial score (nSPS) is 10.0. The van der Waals surface area contributed by atoms with Crippen LogP contribution < -0.4 is 15.4 Å². The van der Waals surface area contributed by atoms with Gasteiger partial charge in [-0.1, -0.05) is 6.07 Å². The van der Waals surface area contributed by atoms with Gasteiger partial charge in [0.2, 0.25) is 0 Å². The molecule has 2 rings (SSSR count). The fourth-order valence-electron chi connectivity index (χ4n) is 1.70. The highest BCUT2D eigenvalue weighted by molar-refractivity contribution is 5.99. The van der Waals surface area contributed by atoms with Crippen molar-refractivity contribution in [2.24, 2.45) is 0 Å². The van der Waals surface area contributed by atoms with Crippen LogP contribution in [0.2, 0.25) is 0 Å². The maximum Gasteiger partial charge on any atom is 0.323 e. The molecule has 0 saturated carbocycles. The zero-order chi connectivity index (χ0) is 15.2. The number of hydrogen-bond donors (Lipinski definition) is 2. The number of nitrogens with zero attached hydrogens (tertiary/aromatic N) is 2. The minimum Gasteiger partial charge on any atom is -0.464 e. The number of benzene rings is 1. The van der Waals surface area contributed by atoms with Crippen molar-refractivity contribution in [2.75, 3.05) is 17.2 Å². The number of hydrogen-bond acceptors (Lipinski definition) is 4. The van der Waals surface area contributed by atoms with E-state index < -0.39 is 0 Å². The second-order valence-corrected chi connectivity index (χ2v) is 4.57. The first-order valence-electron chi connectivity index (χ1n) is 6.68. The van der Waals surface area contributed by atoms with Gasteiger partial charge in [-0.3, -0.25) is 0 Å². The first kappa shape index (κ1) is 14.8. The monoisotopic (exact) mass is 286 g/mol. The van der Waals surface area contributed by atoms with Gasteiger partial charge in [0.15, 0.2) is 0 Å². The average Bonchev–Trinajstić information content (AvgIpc) is 2.45. The Hall–Kier alpha value is -2.63.